The molecule has 2 aromatic rings. The summed E-state index contributed by atoms with van der Waals surface area (Å²) >= 11 is 0. The Morgan fingerprint density at radius 2 is 1.62 bits per heavy atom. The molecule has 3 amide bonds. The van der Waals surface area contributed by atoms with E-state index in [9.17, 15) is 9.59 Å². The number of carbonyl (C=O) groups is 2. The molecule has 5 heteroatoms. The highest BCUT2D eigenvalue weighted by molar-refractivity contribution is 6.07. The first-order chi connectivity index (χ1) is 11.6. The standard InChI is InChI=1S/C19H21N3O2/c1-19(17(23)22(13-5-12-20)18(24)21-19)16-10-8-15(9-11-16)14-6-3-2-4-7-14/h2-4,6-11H,5,12-13,20H2,1H3,(H,21,24). The van der Waals surface area contributed by atoms with E-state index < -0.39 is 5.54 Å². The lowest BCUT2D eigenvalue weighted by Crippen LogP contribution is -2.41. The fourth-order valence-electron chi connectivity index (χ4n) is 2.97. The van der Waals surface area contributed by atoms with E-state index in [0.29, 0.717) is 19.5 Å². The first-order valence-electron chi connectivity index (χ1n) is 8.06. The van der Waals surface area contributed by atoms with E-state index in [-0.39, 0.29) is 11.9 Å². The fraction of sp³-hybridized carbons (Fsp3) is 0.263. The zero-order valence-corrected chi connectivity index (χ0v) is 13.7. The summed E-state index contributed by atoms with van der Waals surface area (Å²) < 4.78 is 0. The van der Waals surface area contributed by atoms with Crippen LogP contribution in [0.5, 0.6) is 0 Å². The molecule has 0 aromatic heterocycles. The largest absolute Gasteiger partial charge is 0.330 e. The van der Waals surface area contributed by atoms with Crippen LogP contribution in [0.1, 0.15) is 18.9 Å². The molecular weight excluding hydrogens is 302 g/mol. The van der Waals surface area contributed by atoms with Crippen LogP contribution in [0, 0.1) is 0 Å². The van der Waals surface area contributed by atoms with E-state index in [0.717, 1.165) is 16.7 Å². The zero-order valence-electron chi connectivity index (χ0n) is 13.7. The number of imide groups is 1. The number of carbonyl (C=O) groups excluding carboxylic acids is 2. The van der Waals surface area contributed by atoms with Gasteiger partial charge in [-0.3, -0.25) is 9.69 Å². The summed E-state index contributed by atoms with van der Waals surface area (Å²) in [7, 11) is 0. The molecule has 5 nitrogen and oxygen atoms in total. The molecule has 3 N–H and O–H groups in total. The summed E-state index contributed by atoms with van der Waals surface area (Å²) in [5.41, 5.74) is 7.41. The molecule has 1 atom stereocenters. The second-order valence-electron chi connectivity index (χ2n) is 6.10. The van der Waals surface area contributed by atoms with Crippen LogP contribution in [-0.2, 0) is 10.3 Å². The molecule has 1 fully saturated rings. The third-order valence-electron chi connectivity index (χ3n) is 4.43. The molecule has 0 radical (unpaired) electrons. The molecule has 1 heterocycles. The molecular formula is C19H21N3O2. The second kappa shape index (κ2) is 6.45. The van der Waals surface area contributed by atoms with Crippen molar-refractivity contribution in [2.75, 3.05) is 13.1 Å². The minimum Gasteiger partial charge on any atom is -0.330 e. The molecule has 2 aromatic carbocycles. The number of hydrogen-bond acceptors (Lipinski definition) is 3. The van der Waals surface area contributed by atoms with Gasteiger partial charge in [0.2, 0.25) is 0 Å². The zero-order chi connectivity index (χ0) is 17.2. The molecule has 0 spiro atoms. The van der Waals surface area contributed by atoms with Gasteiger partial charge in [-0.1, -0.05) is 54.6 Å². The van der Waals surface area contributed by atoms with Crippen molar-refractivity contribution in [3.8, 4) is 11.1 Å². The Balaban J connectivity index is 1.86. The van der Waals surface area contributed by atoms with Crippen molar-refractivity contribution in [1.29, 1.82) is 0 Å². The van der Waals surface area contributed by atoms with Gasteiger partial charge in [0.1, 0.15) is 5.54 Å². The minimum absolute atomic E-state index is 0.228. The van der Waals surface area contributed by atoms with Crippen LogP contribution in [0.3, 0.4) is 0 Å². The molecule has 1 aliphatic heterocycles. The molecule has 1 aliphatic rings. The number of amides is 3. The molecule has 0 saturated carbocycles. The first kappa shape index (κ1) is 16.2. The van der Waals surface area contributed by atoms with Gasteiger partial charge >= 0.3 is 6.03 Å². The predicted octanol–water partition coefficient (Wildman–Crippen LogP) is 2.47. The quantitative estimate of drug-likeness (QED) is 0.830. The predicted molar refractivity (Wildman–Crippen MR) is 93.1 cm³/mol. The van der Waals surface area contributed by atoms with E-state index in [2.05, 4.69) is 5.32 Å². The van der Waals surface area contributed by atoms with Gasteiger partial charge in [-0.15, -0.1) is 0 Å². The summed E-state index contributed by atoms with van der Waals surface area (Å²) in [5.74, 6) is -0.228. The molecule has 0 bridgehead atoms. The van der Waals surface area contributed by atoms with Crippen LogP contribution in [0.25, 0.3) is 11.1 Å². The maximum atomic E-state index is 12.7. The Kier molecular flexibility index (Phi) is 4.36. The van der Waals surface area contributed by atoms with E-state index in [1.807, 2.05) is 54.6 Å². The maximum absolute atomic E-state index is 12.7. The summed E-state index contributed by atoms with van der Waals surface area (Å²) in [4.78, 5) is 26.1. The Morgan fingerprint density at radius 1 is 1.00 bits per heavy atom. The monoisotopic (exact) mass is 323 g/mol. The van der Waals surface area contributed by atoms with Crippen molar-refractivity contribution in [1.82, 2.24) is 10.2 Å². The average molecular weight is 323 g/mol. The van der Waals surface area contributed by atoms with Gasteiger partial charge in [0.05, 0.1) is 0 Å². The van der Waals surface area contributed by atoms with E-state index in [4.69, 9.17) is 5.73 Å². The maximum Gasteiger partial charge on any atom is 0.325 e. The van der Waals surface area contributed by atoms with Crippen molar-refractivity contribution in [3.63, 3.8) is 0 Å². The number of benzene rings is 2. The molecule has 0 aliphatic carbocycles. The number of nitrogens with zero attached hydrogens (tertiary/aromatic N) is 1. The Bertz CT molecular complexity index is 743. The van der Waals surface area contributed by atoms with Crippen molar-refractivity contribution < 1.29 is 9.59 Å². The van der Waals surface area contributed by atoms with E-state index >= 15 is 0 Å². The van der Waals surface area contributed by atoms with Gasteiger partial charge in [0, 0.05) is 6.54 Å². The molecule has 1 unspecified atom stereocenters. The number of nitrogens with two attached hydrogens (primary N) is 1. The minimum atomic E-state index is -1.03. The molecule has 1 saturated heterocycles. The van der Waals surface area contributed by atoms with Gasteiger partial charge in [-0.25, -0.2) is 4.79 Å². The van der Waals surface area contributed by atoms with E-state index in [1.54, 1.807) is 6.92 Å². The van der Waals surface area contributed by atoms with Crippen LogP contribution in [0.4, 0.5) is 4.79 Å². The van der Waals surface area contributed by atoms with E-state index in [1.165, 1.54) is 4.90 Å². The Hall–Kier alpha value is -2.66. The third-order valence-corrected chi connectivity index (χ3v) is 4.43. The highest BCUT2D eigenvalue weighted by Crippen LogP contribution is 2.30. The molecule has 24 heavy (non-hydrogen) atoms. The van der Waals surface area contributed by atoms with Gasteiger partial charge in [0.25, 0.3) is 5.91 Å². The normalized spacial score (nSPS) is 20.3. The Morgan fingerprint density at radius 3 is 2.25 bits per heavy atom. The van der Waals surface area contributed by atoms with Gasteiger partial charge in [-0.05, 0) is 36.6 Å². The van der Waals surface area contributed by atoms with Crippen LogP contribution in [-0.4, -0.2) is 29.9 Å². The van der Waals surface area contributed by atoms with Crippen molar-refractivity contribution >= 4 is 11.9 Å². The van der Waals surface area contributed by atoms with Gasteiger partial charge < -0.3 is 11.1 Å². The first-order valence-corrected chi connectivity index (χ1v) is 8.06. The second-order valence-corrected chi connectivity index (χ2v) is 6.10. The molecule has 124 valence electrons. The van der Waals surface area contributed by atoms with Crippen molar-refractivity contribution in [2.45, 2.75) is 18.9 Å². The Labute approximate surface area is 141 Å². The number of rotatable bonds is 5. The van der Waals surface area contributed by atoms with Crippen molar-refractivity contribution in [2.24, 2.45) is 5.73 Å². The lowest BCUT2D eigenvalue weighted by molar-refractivity contribution is -0.131. The third kappa shape index (κ3) is 2.78. The summed E-state index contributed by atoms with van der Waals surface area (Å²) in [6.07, 6.45) is 0.599. The summed E-state index contributed by atoms with van der Waals surface area (Å²) in [6.45, 7) is 2.53. The molecule has 3 rings (SSSR count). The highest BCUT2D eigenvalue weighted by atomic mass is 16.2. The van der Waals surface area contributed by atoms with Crippen LogP contribution >= 0.6 is 0 Å². The van der Waals surface area contributed by atoms with Gasteiger partial charge in [-0.2, -0.15) is 0 Å². The number of nitrogens with one attached hydrogen (secondary N) is 1. The van der Waals surface area contributed by atoms with Crippen LogP contribution < -0.4 is 11.1 Å². The smallest absolute Gasteiger partial charge is 0.325 e. The van der Waals surface area contributed by atoms with Crippen LogP contribution in [0.2, 0.25) is 0 Å². The van der Waals surface area contributed by atoms with Crippen molar-refractivity contribution in [3.05, 3.63) is 60.2 Å². The highest BCUT2D eigenvalue weighted by Gasteiger charge is 2.48. The summed E-state index contributed by atoms with van der Waals surface area (Å²) in [5, 5.41) is 2.81. The average Bonchev–Trinajstić information content (AvgIpc) is 2.84. The summed E-state index contributed by atoms with van der Waals surface area (Å²) in [6, 6.07) is 17.4. The van der Waals surface area contributed by atoms with Crippen LogP contribution in [0.15, 0.2) is 54.6 Å². The SMILES string of the molecule is CC1(c2ccc(-c3ccccc3)cc2)NC(=O)N(CCCN)C1=O. The lowest BCUT2D eigenvalue weighted by Gasteiger charge is -2.22. The fourth-order valence-corrected chi connectivity index (χ4v) is 2.97. The lowest BCUT2D eigenvalue weighted by atomic mass is 9.90. The topological polar surface area (TPSA) is 75.4 Å². The van der Waals surface area contributed by atoms with Gasteiger partial charge in [0.15, 0.2) is 0 Å². The number of hydrogen-bond donors (Lipinski definition) is 2. The number of urea groups is 1.